The third-order valence-electron chi connectivity index (χ3n) is 5.62. The maximum absolute atomic E-state index is 12.3. The fourth-order valence-electron chi connectivity index (χ4n) is 3.70. The number of amides is 1. The highest BCUT2D eigenvalue weighted by atomic mass is 16.6. The summed E-state index contributed by atoms with van der Waals surface area (Å²) in [6.45, 7) is 2.26. The van der Waals surface area contributed by atoms with E-state index in [-0.39, 0.29) is 17.5 Å². The second-order valence-corrected chi connectivity index (χ2v) is 7.75. The summed E-state index contributed by atoms with van der Waals surface area (Å²) in [4.78, 5) is 37.1. The predicted molar refractivity (Wildman–Crippen MR) is 104 cm³/mol. The fraction of sp³-hybridized carbons (Fsp3) is 0.550. The lowest BCUT2D eigenvalue weighted by atomic mass is 9.96. The van der Waals surface area contributed by atoms with Crippen molar-refractivity contribution in [3.63, 3.8) is 0 Å². The molecule has 0 bridgehead atoms. The Balaban J connectivity index is 1.47. The van der Waals surface area contributed by atoms with Crippen LogP contribution in [0.2, 0.25) is 0 Å². The van der Waals surface area contributed by atoms with Crippen LogP contribution in [0.15, 0.2) is 24.3 Å². The zero-order valence-electron chi connectivity index (χ0n) is 16.3. The van der Waals surface area contributed by atoms with Crippen molar-refractivity contribution in [1.82, 2.24) is 5.32 Å². The van der Waals surface area contributed by atoms with Crippen molar-refractivity contribution in [3.05, 3.63) is 34.4 Å². The number of piperidine rings is 1. The van der Waals surface area contributed by atoms with Gasteiger partial charge in [-0.15, -0.1) is 0 Å². The number of ether oxygens (including phenoxy) is 1. The van der Waals surface area contributed by atoms with E-state index in [0.29, 0.717) is 31.6 Å². The Morgan fingerprint density at radius 3 is 2.55 bits per heavy atom. The van der Waals surface area contributed by atoms with Crippen molar-refractivity contribution in [3.8, 4) is 6.07 Å². The fourth-order valence-corrected chi connectivity index (χ4v) is 3.70. The van der Waals surface area contributed by atoms with Crippen LogP contribution in [0.3, 0.4) is 0 Å². The smallest absolute Gasteiger partial charge is 0.309 e. The van der Waals surface area contributed by atoms with Crippen molar-refractivity contribution in [1.29, 1.82) is 5.26 Å². The number of esters is 1. The van der Waals surface area contributed by atoms with Crippen LogP contribution in [0.25, 0.3) is 0 Å². The molecule has 1 amide bonds. The molecule has 1 heterocycles. The van der Waals surface area contributed by atoms with Gasteiger partial charge in [0.05, 0.1) is 16.9 Å². The third-order valence-corrected chi connectivity index (χ3v) is 5.62. The van der Waals surface area contributed by atoms with Crippen LogP contribution in [0, 0.1) is 33.3 Å². The number of rotatable bonds is 7. The molecule has 0 aromatic heterocycles. The summed E-state index contributed by atoms with van der Waals surface area (Å²) < 4.78 is 5.15. The molecule has 1 aliphatic heterocycles. The lowest BCUT2D eigenvalue weighted by molar-refractivity contribution is -0.384. The molecule has 29 heavy (non-hydrogen) atoms. The minimum Gasteiger partial charge on any atom is -0.455 e. The number of hydrogen-bond acceptors (Lipinski definition) is 7. The molecule has 1 saturated carbocycles. The number of nitro groups is 1. The van der Waals surface area contributed by atoms with Crippen LogP contribution in [-0.4, -0.2) is 42.0 Å². The van der Waals surface area contributed by atoms with Crippen molar-refractivity contribution in [2.24, 2.45) is 11.8 Å². The van der Waals surface area contributed by atoms with Gasteiger partial charge in [0, 0.05) is 19.2 Å². The van der Waals surface area contributed by atoms with Crippen molar-refractivity contribution in [2.75, 3.05) is 24.6 Å². The average molecular weight is 400 g/mol. The molecule has 1 aromatic carbocycles. The van der Waals surface area contributed by atoms with Gasteiger partial charge in [0.2, 0.25) is 0 Å². The van der Waals surface area contributed by atoms with Gasteiger partial charge in [-0.2, -0.15) is 5.26 Å². The molecular formula is C20H24N4O5. The summed E-state index contributed by atoms with van der Waals surface area (Å²) >= 11 is 0. The van der Waals surface area contributed by atoms with Gasteiger partial charge >= 0.3 is 5.97 Å². The molecular weight excluding hydrogens is 376 g/mol. The zero-order chi connectivity index (χ0) is 21.0. The Bertz CT molecular complexity index is 840. The van der Waals surface area contributed by atoms with E-state index in [4.69, 9.17) is 4.74 Å². The molecule has 9 nitrogen and oxygen atoms in total. The van der Waals surface area contributed by atoms with Crippen LogP contribution in [0.1, 0.15) is 32.6 Å². The summed E-state index contributed by atoms with van der Waals surface area (Å²) in [5.41, 5.74) is -0.333. The number of nitro benzene ring substituents is 1. The van der Waals surface area contributed by atoms with Crippen LogP contribution in [-0.2, 0) is 14.3 Å². The lowest BCUT2D eigenvalue weighted by Crippen LogP contribution is -2.48. The second-order valence-electron chi connectivity index (χ2n) is 7.75. The van der Waals surface area contributed by atoms with Gasteiger partial charge in [-0.1, -0.05) is 12.1 Å². The molecule has 2 aliphatic rings. The Labute approximate surface area is 168 Å². The largest absolute Gasteiger partial charge is 0.455 e. The van der Waals surface area contributed by atoms with Gasteiger partial charge in [0.1, 0.15) is 11.2 Å². The number of nitrogens with one attached hydrogen (secondary N) is 1. The Morgan fingerprint density at radius 1 is 1.31 bits per heavy atom. The van der Waals surface area contributed by atoms with Crippen LogP contribution < -0.4 is 10.2 Å². The van der Waals surface area contributed by atoms with Gasteiger partial charge in [0.15, 0.2) is 6.61 Å². The molecule has 3 rings (SSSR count). The first-order chi connectivity index (χ1) is 13.8. The van der Waals surface area contributed by atoms with E-state index in [0.717, 1.165) is 12.8 Å². The van der Waals surface area contributed by atoms with Crippen molar-refractivity contribution >= 4 is 23.3 Å². The maximum atomic E-state index is 12.3. The SMILES string of the molecule is C[C@@](C#N)(NC(=O)COC(=O)C1CCN(c2ccccc2[N+](=O)[O-])CC1)C1CC1. The van der Waals surface area contributed by atoms with E-state index in [2.05, 4.69) is 11.4 Å². The normalized spacial score (nSPS) is 19.0. The monoisotopic (exact) mass is 400 g/mol. The number of nitriles is 1. The van der Waals surface area contributed by atoms with Crippen LogP contribution in [0.5, 0.6) is 0 Å². The number of benzene rings is 1. The first-order valence-corrected chi connectivity index (χ1v) is 9.71. The Hall–Kier alpha value is -3.15. The molecule has 1 saturated heterocycles. The van der Waals surface area contributed by atoms with Gasteiger partial charge in [-0.3, -0.25) is 19.7 Å². The molecule has 2 fully saturated rings. The number of anilines is 1. The van der Waals surface area contributed by atoms with Crippen LogP contribution in [0.4, 0.5) is 11.4 Å². The highest BCUT2D eigenvalue weighted by Gasteiger charge is 2.43. The summed E-state index contributed by atoms with van der Waals surface area (Å²) in [5.74, 6) is -1.13. The summed E-state index contributed by atoms with van der Waals surface area (Å²) in [6.07, 6.45) is 2.79. The van der Waals surface area contributed by atoms with Crippen LogP contribution >= 0.6 is 0 Å². The van der Waals surface area contributed by atoms with Gasteiger partial charge in [-0.25, -0.2) is 0 Å². The van der Waals surface area contributed by atoms with Gasteiger partial charge in [-0.05, 0) is 44.6 Å². The summed E-state index contributed by atoms with van der Waals surface area (Å²) in [7, 11) is 0. The molecule has 1 aromatic rings. The highest BCUT2D eigenvalue weighted by Crippen LogP contribution is 2.39. The molecule has 0 unspecified atom stereocenters. The second kappa shape index (κ2) is 8.47. The Morgan fingerprint density at radius 2 is 1.97 bits per heavy atom. The minimum absolute atomic E-state index is 0.0430. The maximum Gasteiger partial charge on any atom is 0.309 e. The van der Waals surface area contributed by atoms with Crippen molar-refractivity contribution < 1.29 is 19.2 Å². The molecule has 1 N–H and O–H groups in total. The molecule has 1 atom stereocenters. The van der Waals surface area contributed by atoms with E-state index in [9.17, 15) is 25.0 Å². The predicted octanol–water partition coefficient (Wildman–Crippen LogP) is 2.16. The quantitative estimate of drug-likeness (QED) is 0.422. The molecule has 154 valence electrons. The molecule has 1 aliphatic carbocycles. The summed E-state index contributed by atoms with van der Waals surface area (Å²) in [6, 6.07) is 8.66. The highest BCUT2D eigenvalue weighted by molar-refractivity contribution is 5.82. The standard InChI is InChI=1S/C20H24N4O5/c1-20(13-21,15-6-7-15)22-18(25)12-29-19(26)14-8-10-23(11-9-14)16-4-2-3-5-17(16)24(27)28/h2-5,14-15H,6-12H2,1H3,(H,22,25)/t20-/m0/s1. The average Bonchev–Trinajstić information content (AvgIpc) is 3.58. The van der Waals surface area contributed by atoms with E-state index in [1.165, 1.54) is 6.07 Å². The van der Waals surface area contributed by atoms with Gasteiger partial charge < -0.3 is 15.0 Å². The number of para-hydroxylation sites is 2. The molecule has 0 radical (unpaired) electrons. The minimum atomic E-state index is -0.917. The number of carbonyl (C=O) groups excluding carboxylic acids is 2. The number of nitrogens with zero attached hydrogens (tertiary/aromatic N) is 3. The van der Waals surface area contributed by atoms with E-state index < -0.39 is 28.9 Å². The topological polar surface area (TPSA) is 126 Å². The molecule has 9 heteroatoms. The van der Waals surface area contributed by atoms with Gasteiger partial charge in [0.25, 0.3) is 11.6 Å². The molecule has 0 spiro atoms. The third kappa shape index (κ3) is 4.83. The first kappa shape index (κ1) is 20.6. The first-order valence-electron chi connectivity index (χ1n) is 9.71. The van der Waals surface area contributed by atoms with Crippen molar-refractivity contribution in [2.45, 2.75) is 38.1 Å². The summed E-state index contributed by atoms with van der Waals surface area (Å²) in [5, 5.41) is 23.1. The number of hydrogen-bond donors (Lipinski definition) is 1. The zero-order valence-corrected chi connectivity index (χ0v) is 16.3. The van der Waals surface area contributed by atoms with E-state index >= 15 is 0 Å². The number of carbonyl (C=O) groups is 2. The van der Waals surface area contributed by atoms with E-state index in [1.54, 1.807) is 25.1 Å². The Kier molecular flexibility index (Phi) is 6.01. The lowest BCUT2D eigenvalue weighted by Gasteiger charge is -2.32. The van der Waals surface area contributed by atoms with E-state index in [1.807, 2.05) is 4.90 Å².